The molecule has 0 atom stereocenters. The van der Waals surface area contributed by atoms with Gasteiger partial charge in [0.05, 0.1) is 6.42 Å². The van der Waals surface area contributed by atoms with E-state index in [1.54, 1.807) is 18.2 Å². The Morgan fingerprint density at radius 1 is 1.35 bits per heavy atom. The van der Waals surface area contributed by atoms with Gasteiger partial charge in [0.1, 0.15) is 0 Å². The molecule has 1 amide bonds. The Balaban J connectivity index is 1.99. The topological polar surface area (TPSA) is 66.4 Å². The average Bonchev–Trinajstić information content (AvgIpc) is 2.30. The molecule has 4 nitrogen and oxygen atoms in total. The van der Waals surface area contributed by atoms with Crippen molar-refractivity contribution in [1.29, 1.82) is 0 Å². The summed E-state index contributed by atoms with van der Waals surface area (Å²) in [6.07, 6.45) is 2.85. The van der Waals surface area contributed by atoms with E-state index in [1.807, 2.05) is 6.92 Å². The van der Waals surface area contributed by atoms with Gasteiger partial charge in [-0.25, -0.2) is 0 Å². The number of benzene rings is 1. The minimum atomic E-state index is -0.808. The van der Waals surface area contributed by atoms with Crippen LogP contribution in [0.5, 0.6) is 0 Å². The number of aliphatic carboxylic acids is 1. The number of carbonyl (C=O) groups excluding carboxylic acids is 1. The highest BCUT2D eigenvalue weighted by Crippen LogP contribution is 2.43. The molecule has 1 aromatic rings. The van der Waals surface area contributed by atoms with Crippen LogP contribution in [-0.4, -0.2) is 23.5 Å². The van der Waals surface area contributed by atoms with Crippen LogP contribution < -0.4 is 5.32 Å². The van der Waals surface area contributed by atoms with Crippen molar-refractivity contribution in [2.45, 2.75) is 32.6 Å². The Labute approximate surface area is 123 Å². The normalized spacial score (nSPS) is 16.3. The fraction of sp³-hybridized carbons (Fsp3) is 0.467. The van der Waals surface area contributed by atoms with E-state index in [2.05, 4.69) is 5.32 Å². The summed E-state index contributed by atoms with van der Waals surface area (Å²) in [5.41, 5.74) is 1.17. The second kappa shape index (κ2) is 5.83. The largest absolute Gasteiger partial charge is 0.481 e. The van der Waals surface area contributed by atoms with Gasteiger partial charge in [-0.1, -0.05) is 18.0 Å². The van der Waals surface area contributed by atoms with Gasteiger partial charge in [0, 0.05) is 17.1 Å². The van der Waals surface area contributed by atoms with Crippen molar-refractivity contribution in [3.63, 3.8) is 0 Å². The van der Waals surface area contributed by atoms with Crippen LogP contribution in [-0.2, 0) is 4.79 Å². The third kappa shape index (κ3) is 3.51. The number of nitrogens with one attached hydrogen (secondary N) is 1. The molecule has 0 aliphatic heterocycles. The molecule has 1 aromatic carbocycles. The zero-order valence-electron chi connectivity index (χ0n) is 11.4. The number of hydrogen-bond donors (Lipinski definition) is 2. The van der Waals surface area contributed by atoms with Gasteiger partial charge in [0.25, 0.3) is 5.91 Å². The van der Waals surface area contributed by atoms with E-state index >= 15 is 0 Å². The van der Waals surface area contributed by atoms with Gasteiger partial charge >= 0.3 is 5.97 Å². The summed E-state index contributed by atoms with van der Waals surface area (Å²) < 4.78 is 0. The SMILES string of the molecule is Cc1cc(Cl)cc(C(=O)NCC2(CC(=O)O)CCC2)c1. The zero-order valence-corrected chi connectivity index (χ0v) is 12.2. The van der Waals surface area contributed by atoms with Crippen LogP contribution in [0, 0.1) is 12.3 Å². The monoisotopic (exact) mass is 295 g/mol. The van der Waals surface area contributed by atoms with Crippen molar-refractivity contribution < 1.29 is 14.7 Å². The molecule has 0 saturated heterocycles. The molecule has 108 valence electrons. The first-order valence-electron chi connectivity index (χ1n) is 6.67. The number of rotatable bonds is 5. The lowest BCUT2D eigenvalue weighted by atomic mass is 9.66. The van der Waals surface area contributed by atoms with E-state index in [1.165, 1.54) is 0 Å². The Morgan fingerprint density at radius 2 is 2.05 bits per heavy atom. The molecule has 0 spiro atoms. The maximum Gasteiger partial charge on any atom is 0.303 e. The van der Waals surface area contributed by atoms with Gasteiger partial charge < -0.3 is 10.4 Å². The molecule has 0 aromatic heterocycles. The number of aryl methyl sites for hydroxylation is 1. The van der Waals surface area contributed by atoms with Crippen LogP contribution in [0.15, 0.2) is 18.2 Å². The molecule has 1 aliphatic carbocycles. The first-order chi connectivity index (χ1) is 9.40. The van der Waals surface area contributed by atoms with E-state index in [-0.39, 0.29) is 17.7 Å². The summed E-state index contributed by atoms with van der Waals surface area (Å²) in [4.78, 5) is 23.0. The Hall–Kier alpha value is -1.55. The first-order valence-corrected chi connectivity index (χ1v) is 7.05. The lowest BCUT2D eigenvalue weighted by Crippen LogP contribution is -2.43. The van der Waals surface area contributed by atoms with Crippen LogP contribution in [0.25, 0.3) is 0 Å². The molecule has 2 rings (SSSR count). The molecule has 1 saturated carbocycles. The lowest BCUT2D eigenvalue weighted by molar-refractivity contribution is -0.141. The van der Waals surface area contributed by atoms with Gasteiger partial charge in [-0.05, 0) is 48.9 Å². The summed E-state index contributed by atoms with van der Waals surface area (Å²) in [6, 6.07) is 5.18. The third-order valence-electron chi connectivity index (χ3n) is 3.87. The van der Waals surface area contributed by atoms with E-state index in [9.17, 15) is 9.59 Å². The van der Waals surface area contributed by atoms with Crippen LogP contribution in [0.1, 0.15) is 41.6 Å². The molecule has 0 radical (unpaired) electrons. The number of carboxylic acid groups (broad SMARTS) is 1. The van der Waals surface area contributed by atoms with Gasteiger partial charge in [-0.3, -0.25) is 9.59 Å². The fourth-order valence-electron chi connectivity index (χ4n) is 2.65. The molecule has 1 aliphatic rings. The third-order valence-corrected chi connectivity index (χ3v) is 4.09. The van der Waals surface area contributed by atoms with Crippen molar-refractivity contribution in [2.24, 2.45) is 5.41 Å². The van der Waals surface area contributed by atoms with Crippen LogP contribution in [0.3, 0.4) is 0 Å². The molecule has 1 fully saturated rings. The van der Waals surface area contributed by atoms with Crippen molar-refractivity contribution in [1.82, 2.24) is 5.32 Å². The molecule has 0 unspecified atom stereocenters. The summed E-state index contributed by atoms with van der Waals surface area (Å²) in [5.74, 6) is -1.01. The number of amides is 1. The number of hydrogen-bond acceptors (Lipinski definition) is 2. The smallest absolute Gasteiger partial charge is 0.303 e. The molecule has 0 heterocycles. The molecule has 0 bridgehead atoms. The summed E-state index contributed by atoms with van der Waals surface area (Å²) in [5, 5.41) is 12.3. The van der Waals surface area contributed by atoms with Crippen LogP contribution >= 0.6 is 11.6 Å². The Kier molecular flexibility index (Phi) is 4.33. The predicted octanol–water partition coefficient (Wildman–Crippen LogP) is 3.02. The molecular weight excluding hydrogens is 278 g/mol. The van der Waals surface area contributed by atoms with E-state index < -0.39 is 5.97 Å². The number of carboxylic acids is 1. The van der Waals surface area contributed by atoms with Crippen LogP contribution in [0.2, 0.25) is 5.02 Å². The highest BCUT2D eigenvalue weighted by molar-refractivity contribution is 6.31. The molecular formula is C15H18ClNO3. The number of carbonyl (C=O) groups is 2. The van der Waals surface area contributed by atoms with Gasteiger partial charge in [-0.15, -0.1) is 0 Å². The molecule has 2 N–H and O–H groups in total. The maximum absolute atomic E-state index is 12.1. The van der Waals surface area contributed by atoms with Crippen molar-refractivity contribution in [3.05, 3.63) is 34.3 Å². The summed E-state index contributed by atoms with van der Waals surface area (Å²) >= 11 is 5.93. The van der Waals surface area contributed by atoms with E-state index in [0.29, 0.717) is 17.1 Å². The Morgan fingerprint density at radius 3 is 2.55 bits per heavy atom. The second-order valence-electron chi connectivity index (χ2n) is 5.62. The van der Waals surface area contributed by atoms with E-state index in [4.69, 9.17) is 16.7 Å². The quantitative estimate of drug-likeness (QED) is 0.877. The van der Waals surface area contributed by atoms with Gasteiger partial charge in [0.15, 0.2) is 0 Å². The molecule has 5 heteroatoms. The van der Waals surface area contributed by atoms with Crippen molar-refractivity contribution >= 4 is 23.5 Å². The van der Waals surface area contributed by atoms with E-state index in [0.717, 1.165) is 24.8 Å². The minimum Gasteiger partial charge on any atom is -0.481 e. The van der Waals surface area contributed by atoms with Gasteiger partial charge in [-0.2, -0.15) is 0 Å². The average molecular weight is 296 g/mol. The first kappa shape index (κ1) is 14.9. The van der Waals surface area contributed by atoms with Crippen molar-refractivity contribution in [3.8, 4) is 0 Å². The summed E-state index contributed by atoms with van der Waals surface area (Å²) in [6.45, 7) is 2.28. The molecule has 20 heavy (non-hydrogen) atoms. The summed E-state index contributed by atoms with van der Waals surface area (Å²) in [7, 11) is 0. The highest BCUT2D eigenvalue weighted by Gasteiger charge is 2.39. The number of halogens is 1. The Bertz CT molecular complexity index is 518. The predicted molar refractivity (Wildman–Crippen MR) is 77.1 cm³/mol. The fourth-order valence-corrected chi connectivity index (χ4v) is 2.94. The standard InChI is InChI=1S/C15H18ClNO3/c1-10-5-11(7-12(16)6-10)14(20)17-9-15(3-2-4-15)8-13(18)19/h5-7H,2-4,8-9H2,1H3,(H,17,20)(H,18,19). The zero-order chi connectivity index (χ0) is 14.8. The lowest BCUT2D eigenvalue weighted by Gasteiger charge is -2.40. The van der Waals surface area contributed by atoms with Gasteiger partial charge in [0.2, 0.25) is 0 Å². The second-order valence-corrected chi connectivity index (χ2v) is 6.06. The van der Waals surface area contributed by atoms with Crippen molar-refractivity contribution in [2.75, 3.05) is 6.54 Å². The maximum atomic E-state index is 12.1. The van der Waals surface area contributed by atoms with Crippen LogP contribution in [0.4, 0.5) is 0 Å². The highest BCUT2D eigenvalue weighted by atomic mass is 35.5. The minimum absolute atomic E-state index is 0.113.